The number of carbonyl (C=O) groups is 1. The van der Waals surface area contributed by atoms with Crippen molar-refractivity contribution in [1.82, 2.24) is 20.6 Å². The number of hydrogen-bond donors (Lipinski definition) is 5. The molecule has 1 aliphatic carbocycles. The zero-order chi connectivity index (χ0) is 24.1. The minimum atomic E-state index is -0.366. The summed E-state index contributed by atoms with van der Waals surface area (Å²) in [6.45, 7) is 2.38. The van der Waals surface area contributed by atoms with Crippen LogP contribution < -0.4 is 21.7 Å². The fourth-order valence-corrected chi connectivity index (χ4v) is 4.36. The molecule has 2 atom stereocenters. The Morgan fingerprint density at radius 2 is 1.78 bits per heavy atom. The largest absolute Gasteiger partial charge is 0.370 e. The first-order chi connectivity index (χ1) is 16.4. The van der Waals surface area contributed by atoms with Crippen molar-refractivity contribution in [3.63, 3.8) is 0 Å². The Labute approximate surface area is 222 Å². The first kappa shape index (κ1) is 29.1. The van der Waals surface area contributed by atoms with Crippen molar-refractivity contribution in [3.05, 3.63) is 65.2 Å². The number of carbonyl (C=O) groups excluding carboxylic acids is 1. The molecular weight excluding hydrogens is 504 g/mol. The summed E-state index contributed by atoms with van der Waals surface area (Å²) in [5, 5.41) is 17.9. The number of halogens is 3. The van der Waals surface area contributed by atoms with Crippen LogP contribution in [0, 0.1) is 18.2 Å². The van der Waals surface area contributed by atoms with Crippen LogP contribution in [0.2, 0.25) is 0 Å². The van der Waals surface area contributed by atoms with E-state index in [0.717, 1.165) is 42.2 Å². The van der Waals surface area contributed by atoms with Crippen LogP contribution in [-0.4, -0.2) is 40.5 Å². The van der Waals surface area contributed by atoms with Crippen molar-refractivity contribution in [2.75, 3.05) is 11.9 Å². The van der Waals surface area contributed by atoms with Crippen molar-refractivity contribution in [1.29, 1.82) is 5.41 Å². The molecule has 3 aromatic rings. The van der Waals surface area contributed by atoms with Gasteiger partial charge < -0.3 is 21.7 Å². The van der Waals surface area contributed by atoms with Crippen LogP contribution in [0.25, 0.3) is 10.9 Å². The lowest BCUT2D eigenvalue weighted by Gasteiger charge is -2.33. The highest BCUT2D eigenvalue weighted by Crippen LogP contribution is 2.27. The Morgan fingerprint density at radius 1 is 1.08 bits per heavy atom. The smallest absolute Gasteiger partial charge is 0.289 e. The van der Waals surface area contributed by atoms with Crippen LogP contribution in [-0.2, 0) is 6.42 Å². The third-order valence-electron chi connectivity index (χ3n) is 6.10. The number of rotatable bonds is 7. The number of benzene rings is 2. The summed E-state index contributed by atoms with van der Waals surface area (Å²) in [6.07, 6.45) is 4.50. The predicted molar refractivity (Wildman–Crippen MR) is 146 cm³/mol. The monoisotopic (exact) mass is 535 g/mol. The van der Waals surface area contributed by atoms with Gasteiger partial charge in [0.1, 0.15) is 11.6 Å². The molecule has 0 spiro atoms. The zero-order valence-corrected chi connectivity index (χ0v) is 21.6. The van der Waals surface area contributed by atoms with Gasteiger partial charge in [-0.1, -0.05) is 36.6 Å². The highest BCUT2D eigenvalue weighted by atomic mass is 35.5. The number of nitrogens with two attached hydrogens (primary N) is 1. The highest BCUT2D eigenvalue weighted by Gasteiger charge is 2.27. The summed E-state index contributed by atoms with van der Waals surface area (Å²) in [5.41, 5.74) is 8.27. The second-order valence-electron chi connectivity index (χ2n) is 8.75. The van der Waals surface area contributed by atoms with Gasteiger partial charge in [-0.25, -0.2) is 14.4 Å². The number of aromatic nitrogens is 2. The van der Waals surface area contributed by atoms with Crippen molar-refractivity contribution in [3.8, 4) is 0 Å². The Morgan fingerprint density at radius 3 is 2.47 bits per heavy atom. The maximum atomic E-state index is 13.1. The minimum absolute atomic E-state index is 0. The van der Waals surface area contributed by atoms with Gasteiger partial charge in [-0.2, -0.15) is 0 Å². The van der Waals surface area contributed by atoms with Crippen LogP contribution in [0.4, 0.5) is 10.2 Å². The number of guanidine groups is 1. The van der Waals surface area contributed by atoms with E-state index < -0.39 is 0 Å². The molecule has 1 aromatic heterocycles. The second kappa shape index (κ2) is 13.2. The van der Waals surface area contributed by atoms with Crippen molar-refractivity contribution in [2.45, 2.75) is 51.1 Å². The number of nitrogens with zero attached hydrogens (tertiary/aromatic N) is 2. The molecular formula is C25H32Cl2FN7O. The van der Waals surface area contributed by atoms with Gasteiger partial charge in [0.15, 0.2) is 5.96 Å². The summed E-state index contributed by atoms with van der Waals surface area (Å²) in [4.78, 5) is 22.0. The highest BCUT2D eigenvalue weighted by molar-refractivity contribution is 5.96. The Bertz CT molecular complexity index is 1190. The molecule has 1 fully saturated rings. The Kier molecular flexibility index (Phi) is 10.7. The molecule has 2 aromatic carbocycles. The second-order valence-corrected chi connectivity index (χ2v) is 8.75. The van der Waals surface area contributed by atoms with Gasteiger partial charge in [0.2, 0.25) is 5.82 Å². The number of nitrogens with one attached hydrogen (secondary N) is 4. The molecule has 0 saturated heterocycles. The van der Waals surface area contributed by atoms with Crippen LogP contribution in [0.1, 0.15) is 47.4 Å². The molecule has 36 heavy (non-hydrogen) atoms. The van der Waals surface area contributed by atoms with Gasteiger partial charge in [0.25, 0.3) is 5.91 Å². The van der Waals surface area contributed by atoms with Crippen LogP contribution in [0.5, 0.6) is 0 Å². The first-order valence-corrected chi connectivity index (χ1v) is 11.6. The summed E-state index contributed by atoms with van der Waals surface area (Å²) in [7, 11) is 0. The van der Waals surface area contributed by atoms with Gasteiger partial charge in [0, 0.05) is 24.0 Å². The average molecular weight is 536 g/mol. The molecule has 0 bridgehead atoms. The lowest BCUT2D eigenvalue weighted by atomic mass is 9.90. The van der Waals surface area contributed by atoms with Crippen LogP contribution >= 0.6 is 24.8 Å². The Hall–Kier alpha value is -3.17. The SMILES string of the molecule is Cc1ccc2nc(C(=O)NCCc3ccc(F)cc3)nc(N[C@H]3CCCC[C@H]3NC(=N)N)c2c1.Cl.Cl. The normalized spacial score (nSPS) is 16.8. The van der Waals surface area contributed by atoms with E-state index in [-0.39, 0.29) is 60.4 Å². The first-order valence-electron chi connectivity index (χ1n) is 11.6. The van der Waals surface area contributed by atoms with E-state index in [4.69, 9.17) is 11.1 Å². The number of anilines is 1. The molecule has 0 unspecified atom stereocenters. The summed E-state index contributed by atoms with van der Waals surface area (Å²) in [6, 6.07) is 12.1. The molecule has 0 radical (unpaired) electrons. The van der Waals surface area contributed by atoms with Crippen LogP contribution in [0.3, 0.4) is 0 Å². The van der Waals surface area contributed by atoms with E-state index in [1.807, 2.05) is 25.1 Å². The third kappa shape index (κ3) is 7.41. The Balaban J connectivity index is 0.00000228. The molecule has 1 amide bonds. The van der Waals surface area contributed by atoms with E-state index in [2.05, 4.69) is 25.9 Å². The fraction of sp³-hybridized carbons (Fsp3) is 0.360. The quantitative estimate of drug-likeness (QED) is 0.229. The molecule has 0 aliphatic heterocycles. The van der Waals surface area contributed by atoms with Crippen molar-refractivity contribution < 1.29 is 9.18 Å². The number of hydrogen-bond acceptors (Lipinski definition) is 5. The number of amides is 1. The van der Waals surface area contributed by atoms with Gasteiger partial charge in [0.05, 0.1) is 5.52 Å². The molecule has 11 heteroatoms. The molecule has 194 valence electrons. The van der Waals surface area contributed by atoms with E-state index in [1.165, 1.54) is 12.1 Å². The fourth-order valence-electron chi connectivity index (χ4n) is 4.36. The average Bonchev–Trinajstić information content (AvgIpc) is 2.81. The van der Waals surface area contributed by atoms with Crippen molar-refractivity contribution in [2.24, 2.45) is 5.73 Å². The number of aryl methyl sites for hydroxylation is 1. The molecule has 1 heterocycles. The molecule has 4 rings (SSSR count). The maximum Gasteiger partial charge on any atom is 0.289 e. The topological polar surface area (TPSA) is 129 Å². The zero-order valence-electron chi connectivity index (χ0n) is 20.0. The van der Waals surface area contributed by atoms with Gasteiger partial charge >= 0.3 is 0 Å². The van der Waals surface area contributed by atoms with Gasteiger partial charge in [-0.15, -0.1) is 24.8 Å². The summed E-state index contributed by atoms with van der Waals surface area (Å²) in [5.74, 6) is -0.0196. The lowest BCUT2D eigenvalue weighted by molar-refractivity contribution is 0.0944. The molecule has 8 nitrogen and oxygen atoms in total. The minimum Gasteiger partial charge on any atom is -0.370 e. The molecule has 6 N–H and O–H groups in total. The lowest BCUT2D eigenvalue weighted by Crippen LogP contribution is -2.50. The van der Waals surface area contributed by atoms with E-state index in [9.17, 15) is 9.18 Å². The summed E-state index contributed by atoms with van der Waals surface area (Å²) < 4.78 is 13.1. The summed E-state index contributed by atoms with van der Waals surface area (Å²) >= 11 is 0. The third-order valence-corrected chi connectivity index (χ3v) is 6.10. The van der Waals surface area contributed by atoms with E-state index in [1.54, 1.807) is 12.1 Å². The predicted octanol–water partition coefficient (Wildman–Crippen LogP) is 4.10. The standard InChI is InChI=1S/C25H30FN7O.2ClH/c1-15-6-11-19-18(14-15)22(31-20-4-2-3-5-21(20)32-25(27)28)33-23(30-19)24(34)29-13-12-16-7-9-17(26)10-8-16;;/h6-11,14,20-21H,2-5,12-13H2,1H3,(H,29,34)(H4,27,28,32)(H,30,31,33);2*1H/t20-,21+;;/m0../s1. The van der Waals surface area contributed by atoms with Gasteiger partial charge in [-0.05, 0) is 56.0 Å². The number of fused-ring (bicyclic) bond motifs is 1. The van der Waals surface area contributed by atoms with Gasteiger partial charge in [-0.3, -0.25) is 10.2 Å². The van der Waals surface area contributed by atoms with E-state index >= 15 is 0 Å². The van der Waals surface area contributed by atoms with Crippen LogP contribution in [0.15, 0.2) is 42.5 Å². The van der Waals surface area contributed by atoms with E-state index in [0.29, 0.717) is 24.3 Å². The van der Waals surface area contributed by atoms with Crippen molar-refractivity contribution >= 4 is 53.4 Å². The maximum absolute atomic E-state index is 13.1. The molecule has 1 saturated carbocycles. The molecule has 1 aliphatic rings.